The Morgan fingerprint density at radius 2 is 2.10 bits per heavy atom. The van der Waals surface area contributed by atoms with Crippen LogP contribution in [0.2, 0.25) is 0 Å². The molecule has 1 aromatic carbocycles. The number of halogens is 2. The Labute approximate surface area is 137 Å². The molecule has 0 spiro atoms. The molecule has 1 fully saturated rings. The number of nitrogens with zero attached hydrogens (tertiary/aromatic N) is 1. The van der Waals surface area contributed by atoms with Crippen molar-refractivity contribution in [2.75, 3.05) is 5.32 Å². The van der Waals surface area contributed by atoms with E-state index in [1.807, 2.05) is 0 Å². The lowest BCUT2D eigenvalue weighted by Gasteiger charge is -2.30. The second-order valence-corrected chi connectivity index (χ2v) is 6.76. The molecule has 0 amide bonds. The molecule has 1 atom stereocenters. The predicted octanol–water partition coefficient (Wildman–Crippen LogP) is 5.11. The minimum absolute atomic E-state index is 0.0462. The highest BCUT2D eigenvalue weighted by Gasteiger charge is 2.25. The van der Waals surface area contributed by atoms with Crippen molar-refractivity contribution in [1.82, 2.24) is 0 Å². The third-order valence-corrected chi connectivity index (χ3v) is 5.06. The smallest absolute Gasteiger partial charge is 0.293 e. The van der Waals surface area contributed by atoms with Gasteiger partial charge in [0, 0.05) is 18.2 Å². The fourth-order valence-electron chi connectivity index (χ4n) is 3.09. The Morgan fingerprint density at radius 3 is 2.67 bits per heavy atom. The Balaban J connectivity index is 2.23. The van der Waals surface area contributed by atoms with Gasteiger partial charge in [-0.3, -0.25) is 10.1 Å². The maximum absolute atomic E-state index is 13.7. The standard InChI is InChI=1S/C15H20FIN2O2/c1-2-13(10-6-4-3-5-7-10)18-14-8-11(16)12(17)9-15(14)19(20)21/h8-10,13,18H,2-7H2,1H3. The molecule has 0 aromatic heterocycles. The van der Waals surface area contributed by atoms with Gasteiger partial charge in [0.1, 0.15) is 11.5 Å². The second kappa shape index (κ2) is 7.38. The van der Waals surface area contributed by atoms with Crippen molar-refractivity contribution in [2.24, 2.45) is 5.92 Å². The summed E-state index contributed by atoms with van der Waals surface area (Å²) in [5.41, 5.74) is 0.255. The molecule has 1 aromatic rings. The van der Waals surface area contributed by atoms with E-state index in [2.05, 4.69) is 12.2 Å². The van der Waals surface area contributed by atoms with Crippen LogP contribution in [0.4, 0.5) is 15.8 Å². The van der Waals surface area contributed by atoms with Crippen LogP contribution in [0.15, 0.2) is 12.1 Å². The number of hydrogen-bond donors (Lipinski definition) is 1. The Morgan fingerprint density at radius 1 is 1.43 bits per heavy atom. The fourth-order valence-corrected chi connectivity index (χ4v) is 3.54. The highest BCUT2D eigenvalue weighted by Crippen LogP contribution is 2.33. The van der Waals surface area contributed by atoms with E-state index in [9.17, 15) is 14.5 Å². The Hall–Kier alpha value is -0.920. The molecule has 0 radical (unpaired) electrons. The van der Waals surface area contributed by atoms with E-state index in [1.165, 1.54) is 31.4 Å². The van der Waals surface area contributed by atoms with Crippen LogP contribution in [0.5, 0.6) is 0 Å². The number of nitrogens with one attached hydrogen (secondary N) is 1. The highest BCUT2D eigenvalue weighted by molar-refractivity contribution is 14.1. The van der Waals surface area contributed by atoms with Crippen molar-refractivity contribution in [2.45, 2.75) is 51.5 Å². The minimum atomic E-state index is -0.447. The molecule has 21 heavy (non-hydrogen) atoms. The summed E-state index contributed by atoms with van der Waals surface area (Å²) >= 11 is 1.78. The van der Waals surface area contributed by atoms with E-state index in [0.29, 0.717) is 11.6 Å². The topological polar surface area (TPSA) is 55.2 Å². The normalized spacial score (nSPS) is 17.5. The van der Waals surface area contributed by atoms with Gasteiger partial charge in [-0.25, -0.2) is 4.39 Å². The van der Waals surface area contributed by atoms with E-state index in [4.69, 9.17) is 0 Å². The first-order valence-corrected chi connectivity index (χ1v) is 8.50. The largest absolute Gasteiger partial charge is 0.376 e. The maximum Gasteiger partial charge on any atom is 0.293 e. The third kappa shape index (κ3) is 4.05. The van der Waals surface area contributed by atoms with Crippen molar-refractivity contribution in [3.63, 3.8) is 0 Å². The van der Waals surface area contributed by atoms with Crippen LogP contribution >= 0.6 is 22.6 Å². The van der Waals surface area contributed by atoms with Crippen molar-refractivity contribution in [3.05, 3.63) is 31.6 Å². The van der Waals surface area contributed by atoms with Crippen molar-refractivity contribution in [3.8, 4) is 0 Å². The van der Waals surface area contributed by atoms with Gasteiger partial charge in [0.2, 0.25) is 0 Å². The average molecular weight is 406 g/mol. The zero-order chi connectivity index (χ0) is 15.4. The zero-order valence-electron chi connectivity index (χ0n) is 12.1. The van der Waals surface area contributed by atoms with E-state index in [1.54, 1.807) is 22.6 Å². The van der Waals surface area contributed by atoms with Crippen LogP contribution in [0.25, 0.3) is 0 Å². The molecule has 1 N–H and O–H groups in total. The molecule has 1 unspecified atom stereocenters. The fraction of sp³-hybridized carbons (Fsp3) is 0.600. The molecule has 2 rings (SSSR count). The first-order chi connectivity index (χ1) is 10.0. The van der Waals surface area contributed by atoms with Crippen molar-refractivity contribution >= 4 is 34.0 Å². The maximum atomic E-state index is 13.7. The lowest BCUT2D eigenvalue weighted by Crippen LogP contribution is -2.30. The molecule has 0 aliphatic heterocycles. The van der Waals surface area contributed by atoms with Gasteiger partial charge in [0.25, 0.3) is 5.69 Å². The molecule has 4 nitrogen and oxygen atoms in total. The van der Waals surface area contributed by atoms with E-state index in [-0.39, 0.29) is 15.3 Å². The lowest BCUT2D eigenvalue weighted by molar-refractivity contribution is -0.384. The van der Waals surface area contributed by atoms with Crippen LogP contribution in [0.1, 0.15) is 45.4 Å². The quantitative estimate of drug-likeness (QED) is 0.420. The minimum Gasteiger partial charge on any atom is -0.376 e. The van der Waals surface area contributed by atoms with Gasteiger partial charge >= 0.3 is 0 Å². The van der Waals surface area contributed by atoms with Crippen molar-refractivity contribution < 1.29 is 9.31 Å². The molecule has 1 aliphatic carbocycles. The predicted molar refractivity (Wildman–Crippen MR) is 90.0 cm³/mol. The summed E-state index contributed by atoms with van der Waals surface area (Å²) in [7, 11) is 0. The summed E-state index contributed by atoms with van der Waals surface area (Å²) < 4.78 is 14.0. The van der Waals surface area contributed by atoms with Gasteiger partial charge in [-0.2, -0.15) is 0 Å². The molecule has 6 heteroatoms. The van der Waals surface area contributed by atoms with Crippen LogP contribution in [-0.2, 0) is 0 Å². The summed E-state index contributed by atoms with van der Waals surface area (Å²) in [6.07, 6.45) is 6.87. The number of nitro benzene ring substituents is 1. The number of anilines is 1. The van der Waals surface area contributed by atoms with E-state index >= 15 is 0 Å². The highest BCUT2D eigenvalue weighted by atomic mass is 127. The molecular weight excluding hydrogens is 386 g/mol. The molecular formula is C15H20FIN2O2. The monoisotopic (exact) mass is 406 g/mol. The third-order valence-electron chi connectivity index (χ3n) is 4.23. The van der Waals surface area contributed by atoms with Gasteiger partial charge in [-0.1, -0.05) is 26.2 Å². The van der Waals surface area contributed by atoms with Crippen LogP contribution in [-0.4, -0.2) is 11.0 Å². The molecule has 1 saturated carbocycles. The number of rotatable bonds is 5. The second-order valence-electron chi connectivity index (χ2n) is 5.60. The van der Waals surface area contributed by atoms with Gasteiger partial charge in [-0.15, -0.1) is 0 Å². The van der Waals surface area contributed by atoms with Gasteiger partial charge in [-0.05, 0) is 47.8 Å². The zero-order valence-corrected chi connectivity index (χ0v) is 14.2. The molecule has 0 heterocycles. The Bertz CT molecular complexity index is 519. The first kappa shape index (κ1) is 16.5. The summed E-state index contributed by atoms with van der Waals surface area (Å²) in [6, 6.07) is 2.72. The molecule has 0 bridgehead atoms. The number of benzene rings is 1. The molecule has 0 saturated heterocycles. The Kier molecular flexibility index (Phi) is 5.78. The van der Waals surface area contributed by atoms with Crippen LogP contribution in [0, 0.1) is 25.4 Å². The van der Waals surface area contributed by atoms with Gasteiger partial charge in [0.15, 0.2) is 0 Å². The van der Waals surface area contributed by atoms with Crippen LogP contribution in [0.3, 0.4) is 0 Å². The summed E-state index contributed by atoms with van der Waals surface area (Å²) in [5, 5.41) is 14.4. The summed E-state index contributed by atoms with van der Waals surface area (Å²) in [4.78, 5) is 10.7. The van der Waals surface area contributed by atoms with Gasteiger partial charge in [0.05, 0.1) is 8.49 Å². The van der Waals surface area contributed by atoms with E-state index < -0.39 is 10.7 Å². The lowest BCUT2D eigenvalue weighted by atomic mass is 9.83. The van der Waals surface area contributed by atoms with Gasteiger partial charge < -0.3 is 5.32 Å². The summed E-state index contributed by atoms with van der Waals surface area (Å²) in [5.74, 6) is 0.105. The van der Waals surface area contributed by atoms with Crippen molar-refractivity contribution in [1.29, 1.82) is 0 Å². The number of nitro groups is 1. The molecule has 1 aliphatic rings. The first-order valence-electron chi connectivity index (χ1n) is 7.43. The molecule has 116 valence electrons. The van der Waals surface area contributed by atoms with Crippen LogP contribution < -0.4 is 5.32 Å². The SMILES string of the molecule is CCC(Nc1cc(F)c(I)cc1[N+](=O)[O-])C1CCCCC1. The summed E-state index contributed by atoms with van der Waals surface area (Å²) in [6.45, 7) is 2.07. The number of hydrogen-bond acceptors (Lipinski definition) is 3. The average Bonchev–Trinajstić information content (AvgIpc) is 2.48. The van der Waals surface area contributed by atoms with E-state index in [0.717, 1.165) is 19.3 Å².